The third kappa shape index (κ3) is 9.66. The van der Waals surface area contributed by atoms with Gasteiger partial charge in [-0.15, -0.1) is 0 Å². The summed E-state index contributed by atoms with van der Waals surface area (Å²) in [6.07, 6.45) is 8.66. The molecule has 0 aliphatic carbocycles. The maximum Gasteiger partial charge on any atom is -0.0290 e. The van der Waals surface area contributed by atoms with Gasteiger partial charge in [-0.1, -0.05) is 59.6 Å². The summed E-state index contributed by atoms with van der Waals surface area (Å²) in [6.45, 7) is 11.4. The number of allylic oxidation sites excluding steroid dienone is 2. The fourth-order valence-electron chi connectivity index (χ4n) is 1.32. The molecular formula is C13H26. The Kier molecular flexibility index (Phi) is 7.03. The van der Waals surface area contributed by atoms with Gasteiger partial charge in [-0.05, 0) is 24.2 Å². The van der Waals surface area contributed by atoms with E-state index in [2.05, 4.69) is 46.8 Å². The highest BCUT2D eigenvalue weighted by Gasteiger charge is 2.01. The van der Waals surface area contributed by atoms with Crippen LogP contribution >= 0.6 is 0 Å². The predicted octanol–water partition coefficient (Wildman–Crippen LogP) is 4.66. The summed E-state index contributed by atoms with van der Waals surface area (Å²) in [5.74, 6) is 2.42. The number of hydrogen-bond acceptors (Lipinski definition) is 0. The average Bonchev–Trinajstić information content (AvgIpc) is 2.00. The highest BCUT2D eigenvalue weighted by atomic mass is 14.1. The lowest BCUT2D eigenvalue weighted by molar-refractivity contribution is 0.453. The van der Waals surface area contributed by atoms with Crippen LogP contribution < -0.4 is 0 Å². The van der Waals surface area contributed by atoms with E-state index in [0.29, 0.717) is 5.92 Å². The minimum atomic E-state index is 0.706. The van der Waals surface area contributed by atoms with E-state index in [1.165, 1.54) is 19.3 Å². The van der Waals surface area contributed by atoms with Gasteiger partial charge in [0.15, 0.2) is 0 Å². The molecule has 0 spiro atoms. The van der Waals surface area contributed by atoms with E-state index in [0.717, 1.165) is 11.8 Å². The van der Waals surface area contributed by atoms with Gasteiger partial charge in [0.2, 0.25) is 0 Å². The Hall–Kier alpha value is -0.260. The Labute approximate surface area is 84.4 Å². The molecule has 0 saturated carbocycles. The lowest BCUT2D eigenvalue weighted by Gasteiger charge is -2.10. The van der Waals surface area contributed by atoms with Crippen LogP contribution in [0.5, 0.6) is 0 Å². The summed E-state index contributed by atoms with van der Waals surface area (Å²) in [5, 5.41) is 0. The maximum absolute atomic E-state index is 2.35. The monoisotopic (exact) mass is 182 g/mol. The molecule has 1 atom stereocenters. The van der Waals surface area contributed by atoms with E-state index in [-0.39, 0.29) is 0 Å². The normalized spacial score (nSPS) is 14.7. The van der Waals surface area contributed by atoms with Crippen molar-refractivity contribution in [1.82, 2.24) is 0 Å². The fraction of sp³-hybridized carbons (Fsp3) is 0.846. The molecule has 0 aliphatic rings. The van der Waals surface area contributed by atoms with Gasteiger partial charge < -0.3 is 0 Å². The van der Waals surface area contributed by atoms with Crippen molar-refractivity contribution in [3.63, 3.8) is 0 Å². The van der Waals surface area contributed by atoms with Crippen molar-refractivity contribution in [2.45, 2.75) is 53.9 Å². The Morgan fingerprint density at radius 1 is 0.923 bits per heavy atom. The van der Waals surface area contributed by atoms with Gasteiger partial charge in [-0.25, -0.2) is 0 Å². The Balaban J connectivity index is 3.45. The lowest BCUT2D eigenvalue weighted by Crippen LogP contribution is -1.96. The molecule has 0 saturated heterocycles. The van der Waals surface area contributed by atoms with Gasteiger partial charge in [0.25, 0.3) is 0 Å². The molecule has 0 rings (SSSR count). The summed E-state index contributed by atoms with van der Waals surface area (Å²) in [5.41, 5.74) is 0. The SMILES string of the molecule is CC(C)/C=C\C[C@H](C)CCC(C)C. The van der Waals surface area contributed by atoms with Crippen LogP contribution in [0.1, 0.15) is 53.9 Å². The van der Waals surface area contributed by atoms with Crippen molar-refractivity contribution < 1.29 is 0 Å². The quantitative estimate of drug-likeness (QED) is 0.524. The molecule has 0 unspecified atom stereocenters. The molecule has 0 aromatic heterocycles. The molecule has 0 bridgehead atoms. The predicted molar refractivity (Wildman–Crippen MR) is 61.8 cm³/mol. The lowest BCUT2D eigenvalue weighted by atomic mass is 9.96. The third-order valence-corrected chi connectivity index (χ3v) is 2.30. The average molecular weight is 182 g/mol. The standard InChI is InChI=1S/C13H26/c1-11(2)7-6-8-13(5)10-9-12(3)4/h6-7,11-13H,8-10H2,1-5H3/b7-6-/t13-/m0/s1. The molecular weight excluding hydrogens is 156 g/mol. The van der Waals surface area contributed by atoms with Crippen molar-refractivity contribution in [3.8, 4) is 0 Å². The van der Waals surface area contributed by atoms with Gasteiger partial charge in [0.1, 0.15) is 0 Å². The first-order valence-electron chi connectivity index (χ1n) is 5.69. The molecule has 0 heteroatoms. The van der Waals surface area contributed by atoms with Crippen LogP contribution in [-0.4, -0.2) is 0 Å². The van der Waals surface area contributed by atoms with E-state index in [4.69, 9.17) is 0 Å². The first kappa shape index (κ1) is 12.7. The van der Waals surface area contributed by atoms with Crippen molar-refractivity contribution in [3.05, 3.63) is 12.2 Å². The molecule has 0 fully saturated rings. The first-order chi connectivity index (χ1) is 6.02. The van der Waals surface area contributed by atoms with E-state index >= 15 is 0 Å². The summed E-state index contributed by atoms with van der Waals surface area (Å²) in [6, 6.07) is 0. The van der Waals surface area contributed by atoms with Gasteiger partial charge in [-0.3, -0.25) is 0 Å². The van der Waals surface area contributed by atoms with Crippen LogP contribution in [0.3, 0.4) is 0 Å². The molecule has 0 aromatic rings. The molecule has 78 valence electrons. The molecule has 0 nitrogen and oxygen atoms in total. The zero-order chi connectivity index (χ0) is 10.3. The van der Waals surface area contributed by atoms with E-state index in [1.54, 1.807) is 0 Å². The molecule has 0 aromatic carbocycles. The van der Waals surface area contributed by atoms with Crippen LogP contribution in [0.2, 0.25) is 0 Å². The largest absolute Gasteiger partial charge is 0.0880 e. The zero-order valence-electron chi connectivity index (χ0n) is 10.0. The minimum absolute atomic E-state index is 0.706. The van der Waals surface area contributed by atoms with Crippen LogP contribution in [0, 0.1) is 17.8 Å². The molecule has 0 radical (unpaired) electrons. The third-order valence-electron chi connectivity index (χ3n) is 2.30. The Morgan fingerprint density at radius 2 is 1.54 bits per heavy atom. The summed E-state index contributed by atoms with van der Waals surface area (Å²) < 4.78 is 0. The highest BCUT2D eigenvalue weighted by molar-refractivity contribution is 4.85. The molecule has 0 aliphatic heterocycles. The molecule has 0 N–H and O–H groups in total. The van der Waals surface area contributed by atoms with Crippen molar-refractivity contribution in [1.29, 1.82) is 0 Å². The zero-order valence-corrected chi connectivity index (χ0v) is 10.0. The maximum atomic E-state index is 2.35. The van der Waals surface area contributed by atoms with Crippen LogP contribution in [0.25, 0.3) is 0 Å². The summed E-state index contributed by atoms with van der Waals surface area (Å²) in [4.78, 5) is 0. The van der Waals surface area contributed by atoms with Crippen molar-refractivity contribution in [2.24, 2.45) is 17.8 Å². The summed E-state index contributed by atoms with van der Waals surface area (Å²) in [7, 11) is 0. The van der Waals surface area contributed by atoms with Crippen LogP contribution in [0.4, 0.5) is 0 Å². The molecule has 13 heavy (non-hydrogen) atoms. The van der Waals surface area contributed by atoms with Crippen molar-refractivity contribution in [2.75, 3.05) is 0 Å². The van der Waals surface area contributed by atoms with Gasteiger partial charge in [0.05, 0.1) is 0 Å². The first-order valence-corrected chi connectivity index (χ1v) is 5.69. The van der Waals surface area contributed by atoms with Gasteiger partial charge in [-0.2, -0.15) is 0 Å². The molecule has 0 amide bonds. The van der Waals surface area contributed by atoms with Crippen LogP contribution in [0.15, 0.2) is 12.2 Å². The second-order valence-electron chi connectivity index (χ2n) is 4.98. The Bertz CT molecular complexity index is 131. The molecule has 0 heterocycles. The van der Waals surface area contributed by atoms with Gasteiger partial charge >= 0.3 is 0 Å². The van der Waals surface area contributed by atoms with E-state index in [9.17, 15) is 0 Å². The van der Waals surface area contributed by atoms with Gasteiger partial charge in [0, 0.05) is 0 Å². The van der Waals surface area contributed by atoms with Crippen LogP contribution in [-0.2, 0) is 0 Å². The van der Waals surface area contributed by atoms with Crippen molar-refractivity contribution >= 4 is 0 Å². The smallest absolute Gasteiger partial charge is 0.0290 e. The van der Waals surface area contributed by atoms with E-state index in [1.807, 2.05) is 0 Å². The number of hydrogen-bond donors (Lipinski definition) is 0. The Morgan fingerprint density at radius 3 is 2.00 bits per heavy atom. The minimum Gasteiger partial charge on any atom is -0.0880 e. The highest BCUT2D eigenvalue weighted by Crippen LogP contribution is 2.15. The summed E-state index contributed by atoms with van der Waals surface area (Å²) >= 11 is 0. The van der Waals surface area contributed by atoms with E-state index < -0.39 is 0 Å². The second kappa shape index (κ2) is 7.17. The fourth-order valence-corrected chi connectivity index (χ4v) is 1.32. The number of rotatable bonds is 6. The second-order valence-corrected chi connectivity index (χ2v) is 4.98. The topological polar surface area (TPSA) is 0 Å².